The van der Waals surface area contributed by atoms with Crippen LogP contribution in [0.3, 0.4) is 0 Å². The van der Waals surface area contributed by atoms with Gasteiger partial charge in [-0.3, -0.25) is 4.79 Å². The number of carbonyl (C=O) groups excluding carboxylic acids is 1. The van der Waals surface area contributed by atoms with Crippen molar-refractivity contribution in [3.63, 3.8) is 0 Å². The minimum atomic E-state index is -0.306. The Kier molecular flexibility index (Phi) is 6.43. The molecule has 170 valence electrons. The van der Waals surface area contributed by atoms with Gasteiger partial charge in [-0.05, 0) is 33.8 Å². The molecular weight excluding hydrogens is 430 g/mol. The third-order valence-corrected chi connectivity index (χ3v) is 6.26. The molecule has 2 atom stereocenters. The summed E-state index contributed by atoms with van der Waals surface area (Å²) in [5, 5.41) is 7.59. The maximum atomic E-state index is 12.5. The van der Waals surface area contributed by atoms with E-state index in [0.29, 0.717) is 11.6 Å². The second-order valence-electron chi connectivity index (χ2n) is 7.98. The maximum Gasteiger partial charge on any atom is 0.273 e. The van der Waals surface area contributed by atoms with E-state index in [4.69, 9.17) is 19.0 Å². The van der Waals surface area contributed by atoms with Crippen molar-refractivity contribution in [3.05, 3.63) is 41.0 Å². The number of nitrogens with one attached hydrogen (secondary N) is 1. The van der Waals surface area contributed by atoms with E-state index in [2.05, 4.69) is 34.2 Å². The SMILES string of the molecule is COc1cc(-c2sc(N3C[C@@H](C)O[C@@H](C)C3)nc2CNC(=O)c2cc(C)on2)cc(C)n1. The number of anilines is 1. The summed E-state index contributed by atoms with van der Waals surface area (Å²) in [6.45, 7) is 9.59. The van der Waals surface area contributed by atoms with Gasteiger partial charge in [0, 0.05) is 36.5 Å². The van der Waals surface area contributed by atoms with E-state index in [1.807, 2.05) is 19.1 Å². The van der Waals surface area contributed by atoms with Crippen molar-refractivity contribution in [2.75, 3.05) is 25.1 Å². The summed E-state index contributed by atoms with van der Waals surface area (Å²) in [6.07, 6.45) is 0.237. The second kappa shape index (κ2) is 9.25. The van der Waals surface area contributed by atoms with Crippen LogP contribution in [0.15, 0.2) is 22.7 Å². The van der Waals surface area contributed by atoms with Crippen molar-refractivity contribution in [1.29, 1.82) is 0 Å². The lowest BCUT2D eigenvalue weighted by atomic mass is 10.1. The molecule has 1 aliphatic rings. The van der Waals surface area contributed by atoms with Crippen LogP contribution in [-0.4, -0.2) is 53.4 Å². The number of methoxy groups -OCH3 is 1. The van der Waals surface area contributed by atoms with Crippen LogP contribution < -0.4 is 15.0 Å². The van der Waals surface area contributed by atoms with Gasteiger partial charge in [0.2, 0.25) is 5.88 Å². The number of nitrogens with zero attached hydrogens (tertiary/aromatic N) is 4. The number of hydrogen-bond acceptors (Lipinski definition) is 9. The first-order valence-corrected chi connectivity index (χ1v) is 11.3. The van der Waals surface area contributed by atoms with Gasteiger partial charge in [-0.1, -0.05) is 16.5 Å². The van der Waals surface area contributed by atoms with Gasteiger partial charge in [-0.15, -0.1) is 0 Å². The van der Waals surface area contributed by atoms with Crippen molar-refractivity contribution < 1.29 is 18.8 Å². The topological polar surface area (TPSA) is 103 Å². The third kappa shape index (κ3) is 4.91. The molecule has 1 fully saturated rings. The quantitative estimate of drug-likeness (QED) is 0.601. The maximum absolute atomic E-state index is 12.5. The Bertz CT molecular complexity index is 1100. The Morgan fingerprint density at radius 1 is 1.22 bits per heavy atom. The fourth-order valence-corrected chi connectivity index (χ4v) is 4.84. The summed E-state index contributed by atoms with van der Waals surface area (Å²) < 4.78 is 16.2. The van der Waals surface area contributed by atoms with Gasteiger partial charge in [0.25, 0.3) is 5.91 Å². The molecule has 1 aliphatic heterocycles. The van der Waals surface area contributed by atoms with Crippen LogP contribution in [0.25, 0.3) is 10.4 Å². The molecule has 0 aliphatic carbocycles. The molecule has 0 spiro atoms. The molecule has 1 N–H and O–H groups in total. The lowest BCUT2D eigenvalue weighted by molar-refractivity contribution is -0.00523. The number of pyridine rings is 1. The number of hydrogen-bond donors (Lipinski definition) is 1. The second-order valence-corrected chi connectivity index (χ2v) is 8.96. The molecule has 0 unspecified atom stereocenters. The minimum absolute atomic E-state index is 0.118. The number of thiazole rings is 1. The summed E-state index contributed by atoms with van der Waals surface area (Å²) in [5.74, 6) is 0.817. The normalized spacial score (nSPS) is 18.6. The number of rotatable bonds is 6. The number of amides is 1. The zero-order valence-electron chi connectivity index (χ0n) is 18.8. The molecular formula is C22H27N5O4S. The van der Waals surface area contributed by atoms with Gasteiger partial charge in [0.05, 0.1) is 36.4 Å². The van der Waals surface area contributed by atoms with Crippen LogP contribution in [-0.2, 0) is 11.3 Å². The van der Waals surface area contributed by atoms with Gasteiger partial charge in [-0.2, -0.15) is 0 Å². The molecule has 10 heteroatoms. The molecule has 32 heavy (non-hydrogen) atoms. The first-order chi connectivity index (χ1) is 15.3. The van der Waals surface area contributed by atoms with E-state index in [1.54, 1.807) is 31.4 Å². The van der Waals surface area contributed by atoms with Gasteiger partial charge >= 0.3 is 0 Å². The Balaban J connectivity index is 1.66. The zero-order valence-corrected chi connectivity index (χ0v) is 19.7. The van der Waals surface area contributed by atoms with Crippen molar-refractivity contribution in [1.82, 2.24) is 20.4 Å². The van der Waals surface area contributed by atoms with Gasteiger partial charge < -0.3 is 24.2 Å². The monoisotopic (exact) mass is 457 g/mol. The van der Waals surface area contributed by atoms with Gasteiger partial charge in [0.1, 0.15) is 5.76 Å². The first-order valence-electron chi connectivity index (χ1n) is 10.5. The van der Waals surface area contributed by atoms with Crippen LogP contribution in [0.5, 0.6) is 5.88 Å². The molecule has 1 saturated heterocycles. The molecule has 9 nitrogen and oxygen atoms in total. The summed E-state index contributed by atoms with van der Waals surface area (Å²) in [5.41, 5.74) is 2.82. The highest BCUT2D eigenvalue weighted by molar-refractivity contribution is 7.19. The van der Waals surface area contributed by atoms with E-state index < -0.39 is 0 Å². The Hall–Kier alpha value is -2.98. The first kappa shape index (κ1) is 22.2. The van der Waals surface area contributed by atoms with E-state index in [9.17, 15) is 4.79 Å². The highest BCUT2D eigenvalue weighted by Gasteiger charge is 2.26. The van der Waals surface area contributed by atoms with Crippen molar-refractivity contribution in [3.8, 4) is 16.3 Å². The lowest BCUT2D eigenvalue weighted by Gasteiger charge is -2.35. The van der Waals surface area contributed by atoms with E-state index in [0.717, 1.165) is 40.0 Å². The van der Waals surface area contributed by atoms with Gasteiger partial charge in [0.15, 0.2) is 10.8 Å². The average molecular weight is 458 g/mol. The van der Waals surface area contributed by atoms with Crippen LogP contribution in [0.1, 0.15) is 41.5 Å². The Morgan fingerprint density at radius 2 is 1.97 bits per heavy atom. The standard InChI is InChI=1S/C22H27N5O4S/c1-12-6-16(8-19(24-12)29-5)20-18(9-23-21(28)17-7-13(2)31-26-17)25-22(32-20)27-10-14(3)30-15(4)11-27/h6-8,14-15H,9-11H2,1-5H3,(H,23,28)/t14-,15+. The number of carbonyl (C=O) groups is 1. The number of morpholine rings is 1. The van der Waals surface area contributed by atoms with E-state index in [-0.39, 0.29) is 30.4 Å². The highest BCUT2D eigenvalue weighted by atomic mass is 32.1. The lowest BCUT2D eigenvalue weighted by Crippen LogP contribution is -2.45. The van der Waals surface area contributed by atoms with Crippen LogP contribution in [0, 0.1) is 13.8 Å². The van der Waals surface area contributed by atoms with Crippen molar-refractivity contribution in [2.24, 2.45) is 0 Å². The molecule has 0 saturated carbocycles. The van der Waals surface area contributed by atoms with Crippen LogP contribution >= 0.6 is 11.3 Å². The smallest absolute Gasteiger partial charge is 0.273 e. The van der Waals surface area contributed by atoms with E-state index in [1.165, 1.54) is 0 Å². The van der Waals surface area contributed by atoms with Gasteiger partial charge in [-0.25, -0.2) is 9.97 Å². The third-order valence-electron chi connectivity index (χ3n) is 5.05. The molecule has 1 amide bonds. The predicted molar refractivity (Wildman–Crippen MR) is 121 cm³/mol. The molecule has 0 bridgehead atoms. The Morgan fingerprint density at radius 3 is 2.62 bits per heavy atom. The average Bonchev–Trinajstić information content (AvgIpc) is 3.37. The number of ether oxygens (including phenoxy) is 2. The fourth-order valence-electron chi connectivity index (χ4n) is 3.76. The minimum Gasteiger partial charge on any atom is -0.481 e. The van der Waals surface area contributed by atoms with Crippen molar-refractivity contribution >= 4 is 22.4 Å². The summed E-state index contributed by atoms with van der Waals surface area (Å²) >= 11 is 1.59. The predicted octanol–water partition coefficient (Wildman–Crippen LogP) is 3.36. The van der Waals surface area contributed by atoms with E-state index >= 15 is 0 Å². The molecule has 3 aromatic rings. The summed E-state index contributed by atoms with van der Waals surface area (Å²) in [6, 6.07) is 5.49. The number of aryl methyl sites for hydroxylation is 2. The summed E-state index contributed by atoms with van der Waals surface area (Å²) in [7, 11) is 1.60. The molecule has 0 aromatic carbocycles. The largest absolute Gasteiger partial charge is 0.481 e. The molecule has 3 aromatic heterocycles. The fraction of sp³-hybridized carbons (Fsp3) is 0.455. The van der Waals surface area contributed by atoms with Crippen molar-refractivity contribution in [2.45, 2.75) is 46.4 Å². The van der Waals surface area contributed by atoms with Crippen LogP contribution in [0.2, 0.25) is 0 Å². The molecule has 0 radical (unpaired) electrons. The van der Waals surface area contributed by atoms with Crippen LogP contribution in [0.4, 0.5) is 5.13 Å². The number of aromatic nitrogens is 3. The summed E-state index contributed by atoms with van der Waals surface area (Å²) in [4.78, 5) is 25.0. The highest BCUT2D eigenvalue weighted by Crippen LogP contribution is 2.37. The Labute approximate surface area is 190 Å². The molecule has 4 heterocycles. The molecule has 4 rings (SSSR count). The zero-order chi connectivity index (χ0) is 22.8.